The van der Waals surface area contributed by atoms with Gasteiger partial charge in [0, 0.05) is 12.2 Å². The molecule has 0 amide bonds. The first-order valence-corrected chi connectivity index (χ1v) is 6.70. The minimum absolute atomic E-state index is 0.226. The van der Waals surface area contributed by atoms with Crippen molar-refractivity contribution in [1.82, 2.24) is 15.0 Å². The van der Waals surface area contributed by atoms with E-state index in [0.29, 0.717) is 5.69 Å². The van der Waals surface area contributed by atoms with E-state index in [0.717, 1.165) is 5.56 Å². The van der Waals surface area contributed by atoms with E-state index in [-0.39, 0.29) is 18.6 Å². The molecule has 0 fully saturated rings. The molecule has 20 heavy (non-hydrogen) atoms. The standard InChI is InChI=1S/C15H19N3O2/c1-11(2)18-9-14(16-17-18)12(3)15(19)20-10-13-7-5-4-6-8-13/h4-9,11-12H,10H2,1-3H3/t12-/m0/s1. The summed E-state index contributed by atoms with van der Waals surface area (Å²) in [4.78, 5) is 12.0. The lowest BCUT2D eigenvalue weighted by Crippen LogP contribution is -2.13. The van der Waals surface area contributed by atoms with Gasteiger partial charge in [0.15, 0.2) is 0 Å². The van der Waals surface area contributed by atoms with Crippen molar-refractivity contribution in [3.8, 4) is 0 Å². The predicted octanol–water partition coefficient (Wildman–Crippen LogP) is 2.71. The van der Waals surface area contributed by atoms with Gasteiger partial charge in [0.1, 0.15) is 6.61 Å². The van der Waals surface area contributed by atoms with Crippen LogP contribution in [-0.2, 0) is 16.1 Å². The number of esters is 1. The molecule has 106 valence electrons. The number of carbonyl (C=O) groups is 1. The highest BCUT2D eigenvalue weighted by Crippen LogP contribution is 2.16. The minimum atomic E-state index is -0.411. The van der Waals surface area contributed by atoms with Crippen molar-refractivity contribution >= 4 is 5.97 Å². The smallest absolute Gasteiger partial charge is 0.315 e. The van der Waals surface area contributed by atoms with Crippen molar-refractivity contribution in [3.63, 3.8) is 0 Å². The summed E-state index contributed by atoms with van der Waals surface area (Å²) >= 11 is 0. The molecule has 1 atom stereocenters. The molecule has 1 aromatic heterocycles. The monoisotopic (exact) mass is 273 g/mol. The first-order valence-electron chi connectivity index (χ1n) is 6.70. The SMILES string of the molecule is CC(C)n1cc([C@H](C)C(=O)OCc2ccccc2)nn1. The molecule has 0 saturated heterocycles. The maximum absolute atomic E-state index is 12.0. The van der Waals surface area contributed by atoms with E-state index in [1.54, 1.807) is 17.8 Å². The molecule has 1 heterocycles. The molecule has 0 unspecified atom stereocenters. The highest BCUT2D eigenvalue weighted by molar-refractivity contribution is 5.76. The molecule has 0 aliphatic rings. The van der Waals surface area contributed by atoms with Gasteiger partial charge in [-0.3, -0.25) is 4.79 Å². The molecule has 0 saturated carbocycles. The van der Waals surface area contributed by atoms with E-state index in [4.69, 9.17) is 4.74 Å². The molecule has 2 aromatic rings. The number of benzene rings is 1. The Kier molecular flexibility index (Phi) is 4.50. The molecular weight excluding hydrogens is 254 g/mol. The second-order valence-electron chi connectivity index (χ2n) is 5.03. The Labute approximate surface area is 118 Å². The highest BCUT2D eigenvalue weighted by Gasteiger charge is 2.20. The molecule has 5 nitrogen and oxygen atoms in total. The van der Waals surface area contributed by atoms with Crippen LogP contribution in [0.15, 0.2) is 36.5 Å². The van der Waals surface area contributed by atoms with Gasteiger partial charge in [-0.05, 0) is 26.3 Å². The summed E-state index contributed by atoms with van der Waals surface area (Å²) in [5.41, 5.74) is 1.61. The van der Waals surface area contributed by atoms with Crippen LogP contribution in [0.4, 0.5) is 0 Å². The van der Waals surface area contributed by atoms with E-state index >= 15 is 0 Å². The van der Waals surface area contributed by atoms with Crippen LogP contribution in [0.5, 0.6) is 0 Å². The van der Waals surface area contributed by atoms with Crippen molar-refractivity contribution in [2.45, 2.75) is 39.3 Å². The summed E-state index contributed by atoms with van der Waals surface area (Å²) in [6.45, 7) is 6.08. The molecular formula is C15H19N3O2. The molecule has 0 bridgehead atoms. The second kappa shape index (κ2) is 6.32. The van der Waals surface area contributed by atoms with Crippen LogP contribution in [-0.4, -0.2) is 21.0 Å². The first kappa shape index (κ1) is 14.2. The molecule has 0 spiro atoms. The number of hydrogen-bond acceptors (Lipinski definition) is 4. The summed E-state index contributed by atoms with van der Waals surface area (Å²) < 4.78 is 7.03. The summed E-state index contributed by atoms with van der Waals surface area (Å²) in [6, 6.07) is 9.84. The Hall–Kier alpha value is -2.17. The molecule has 0 N–H and O–H groups in total. The Bertz CT molecular complexity index is 564. The van der Waals surface area contributed by atoms with Crippen molar-refractivity contribution in [3.05, 3.63) is 47.8 Å². The Morgan fingerprint density at radius 2 is 1.95 bits per heavy atom. The normalized spacial score (nSPS) is 12.4. The average Bonchev–Trinajstić information content (AvgIpc) is 2.95. The van der Waals surface area contributed by atoms with Crippen molar-refractivity contribution in [1.29, 1.82) is 0 Å². The number of ether oxygens (including phenoxy) is 1. The van der Waals surface area contributed by atoms with Crippen LogP contribution in [0.3, 0.4) is 0 Å². The van der Waals surface area contributed by atoms with Gasteiger partial charge in [0.2, 0.25) is 0 Å². The van der Waals surface area contributed by atoms with E-state index in [2.05, 4.69) is 10.3 Å². The van der Waals surface area contributed by atoms with Gasteiger partial charge in [-0.15, -0.1) is 5.10 Å². The number of rotatable bonds is 5. The van der Waals surface area contributed by atoms with Crippen LogP contribution in [0.25, 0.3) is 0 Å². The molecule has 5 heteroatoms. The van der Waals surface area contributed by atoms with Crippen molar-refractivity contribution in [2.24, 2.45) is 0 Å². The number of carbonyl (C=O) groups excluding carboxylic acids is 1. The largest absolute Gasteiger partial charge is 0.460 e. The van der Waals surface area contributed by atoms with E-state index in [1.165, 1.54) is 0 Å². The van der Waals surface area contributed by atoms with E-state index < -0.39 is 5.92 Å². The van der Waals surface area contributed by atoms with Gasteiger partial charge in [-0.2, -0.15) is 0 Å². The quantitative estimate of drug-likeness (QED) is 0.786. The zero-order valence-corrected chi connectivity index (χ0v) is 12.0. The Balaban J connectivity index is 1.94. The summed E-state index contributed by atoms with van der Waals surface area (Å²) in [7, 11) is 0. The fraction of sp³-hybridized carbons (Fsp3) is 0.400. The topological polar surface area (TPSA) is 57.0 Å². The van der Waals surface area contributed by atoms with E-state index in [1.807, 2.05) is 44.2 Å². The lowest BCUT2D eigenvalue weighted by Gasteiger charge is -2.09. The van der Waals surface area contributed by atoms with Gasteiger partial charge >= 0.3 is 5.97 Å². The maximum Gasteiger partial charge on any atom is 0.315 e. The molecule has 0 aliphatic heterocycles. The third kappa shape index (κ3) is 3.44. The fourth-order valence-corrected chi connectivity index (χ4v) is 1.72. The van der Waals surface area contributed by atoms with Crippen LogP contribution < -0.4 is 0 Å². The van der Waals surface area contributed by atoms with Gasteiger partial charge in [-0.25, -0.2) is 4.68 Å². The van der Waals surface area contributed by atoms with Gasteiger partial charge in [0.25, 0.3) is 0 Å². The summed E-state index contributed by atoms with van der Waals surface area (Å²) in [6.07, 6.45) is 1.79. The van der Waals surface area contributed by atoms with Crippen LogP contribution in [0.2, 0.25) is 0 Å². The van der Waals surface area contributed by atoms with Crippen molar-refractivity contribution < 1.29 is 9.53 Å². The molecule has 2 rings (SSSR count). The lowest BCUT2D eigenvalue weighted by atomic mass is 10.1. The fourth-order valence-electron chi connectivity index (χ4n) is 1.72. The third-order valence-electron chi connectivity index (χ3n) is 3.08. The maximum atomic E-state index is 12.0. The average molecular weight is 273 g/mol. The zero-order chi connectivity index (χ0) is 14.5. The first-order chi connectivity index (χ1) is 9.58. The van der Waals surface area contributed by atoms with Crippen molar-refractivity contribution in [2.75, 3.05) is 0 Å². The Morgan fingerprint density at radius 3 is 2.55 bits per heavy atom. The summed E-state index contributed by atoms with van der Waals surface area (Å²) in [5, 5.41) is 8.02. The molecule has 1 aromatic carbocycles. The van der Waals surface area contributed by atoms with Gasteiger partial charge < -0.3 is 4.74 Å². The molecule has 0 radical (unpaired) electrons. The minimum Gasteiger partial charge on any atom is -0.460 e. The Morgan fingerprint density at radius 1 is 1.25 bits per heavy atom. The van der Waals surface area contributed by atoms with E-state index in [9.17, 15) is 4.79 Å². The number of hydrogen-bond donors (Lipinski definition) is 0. The second-order valence-corrected chi connectivity index (χ2v) is 5.03. The van der Waals surface area contributed by atoms with Gasteiger partial charge in [0.05, 0.1) is 11.6 Å². The van der Waals surface area contributed by atoms with Crippen LogP contribution in [0, 0.1) is 0 Å². The van der Waals surface area contributed by atoms with Crippen LogP contribution >= 0.6 is 0 Å². The molecule has 0 aliphatic carbocycles. The summed E-state index contributed by atoms with van der Waals surface area (Å²) in [5.74, 6) is -0.698. The van der Waals surface area contributed by atoms with Gasteiger partial charge in [-0.1, -0.05) is 35.5 Å². The third-order valence-corrected chi connectivity index (χ3v) is 3.08. The number of nitrogens with zero attached hydrogens (tertiary/aromatic N) is 3. The predicted molar refractivity (Wildman–Crippen MR) is 75.1 cm³/mol. The number of aromatic nitrogens is 3. The zero-order valence-electron chi connectivity index (χ0n) is 12.0. The lowest BCUT2D eigenvalue weighted by molar-refractivity contribution is -0.146. The van der Waals surface area contributed by atoms with Crippen LogP contribution in [0.1, 0.15) is 44.0 Å². The highest BCUT2D eigenvalue weighted by atomic mass is 16.5.